The molecule has 2 atom stereocenters. The Kier molecular flexibility index (Phi) is 12.7. The summed E-state index contributed by atoms with van der Waals surface area (Å²) in [5, 5.41) is 15.3. The van der Waals surface area contributed by atoms with Crippen molar-refractivity contribution in [3.05, 3.63) is 90.9 Å². The maximum Gasteiger partial charge on any atom is 0.273 e. The lowest BCUT2D eigenvalue weighted by Gasteiger charge is -2.34. The van der Waals surface area contributed by atoms with Gasteiger partial charge in [-0.1, -0.05) is 60.8 Å². The molecule has 15 heteroatoms. The zero-order valence-electron chi connectivity index (χ0n) is 25.9. The molecule has 2 amide bonds. The average molecular weight is 714 g/mol. The van der Waals surface area contributed by atoms with Gasteiger partial charge in [-0.3, -0.25) is 24.0 Å². The van der Waals surface area contributed by atoms with Gasteiger partial charge in [-0.25, -0.2) is 8.42 Å². The molecule has 0 saturated carbocycles. The van der Waals surface area contributed by atoms with Gasteiger partial charge in [0.15, 0.2) is 0 Å². The molecular weight excluding hydrogens is 679 g/mol. The fraction of sp³-hybridized carbons (Fsp3) is 0.355. The maximum atomic E-state index is 14.3. The molecule has 0 aliphatic heterocycles. The van der Waals surface area contributed by atoms with Crippen LogP contribution in [-0.4, -0.2) is 55.8 Å². The first-order valence-corrected chi connectivity index (χ1v) is 16.9. The number of nitro benzene ring substituents is 1. The fourth-order valence-electron chi connectivity index (χ4n) is 4.64. The van der Waals surface area contributed by atoms with E-state index in [0.29, 0.717) is 17.0 Å². The van der Waals surface area contributed by atoms with Gasteiger partial charge in [0.05, 0.1) is 32.7 Å². The third kappa shape index (κ3) is 8.61. The Morgan fingerprint density at radius 3 is 2.28 bits per heavy atom. The van der Waals surface area contributed by atoms with E-state index in [4.69, 9.17) is 39.5 Å². The molecule has 0 radical (unpaired) electrons. The van der Waals surface area contributed by atoms with Crippen molar-refractivity contribution in [2.75, 3.05) is 18.0 Å². The molecule has 0 unspecified atom stereocenters. The highest BCUT2D eigenvalue weighted by Gasteiger charge is 2.36. The first kappa shape index (κ1) is 36.9. The number of nitro groups is 1. The van der Waals surface area contributed by atoms with Gasteiger partial charge in [-0.05, 0) is 68.7 Å². The Labute approximate surface area is 283 Å². The highest BCUT2D eigenvalue weighted by molar-refractivity contribution is 7.92. The number of amides is 2. The standard InChI is InChI=1S/C31H35Cl3N4O7S/c1-6-20(4)35-31(40)26(7-2)36(17-21-9-12-24(33)25(34)14-21)30(39)18-37(28-15-22(32)10-13-29(28)45-5)46(43,44)23-11-8-19(3)27(16-23)38(41)42/h8-16,20,26H,6-7,17-18H2,1-5H3,(H,35,40)/t20-,26-/m1/s1. The summed E-state index contributed by atoms with van der Waals surface area (Å²) in [6, 6.07) is 11.3. The van der Waals surface area contributed by atoms with E-state index >= 15 is 0 Å². The number of hydrogen-bond acceptors (Lipinski definition) is 7. The van der Waals surface area contributed by atoms with E-state index in [1.165, 1.54) is 49.3 Å². The van der Waals surface area contributed by atoms with Crippen LogP contribution in [0.3, 0.4) is 0 Å². The Morgan fingerprint density at radius 2 is 1.70 bits per heavy atom. The van der Waals surface area contributed by atoms with E-state index < -0.39 is 49.9 Å². The van der Waals surface area contributed by atoms with Gasteiger partial charge in [0.2, 0.25) is 11.8 Å². The van der Waals surface area contributed by atoms with E-state index in [1.807, 2.05) is 13.8 Å². The number of nitrogens with zero attached hydrogens (tertiary/aromatic N) is 3. The van der Waals surface area contributed by atoms with Crippen LogP contribution in [0, 0.1) is 17.0 Å². The zero-order chi connectivity index (χ0) is 34.3. The number of anilines is 1. The third-order valence-electron chi connectivity index (χ3n) is 7.38. The van der Waals surface area contributed by atoms with Crippen molar-refractivity contribution < 1.29 is 27.7 Å². The highest BCUT2D eigenvalue weighted by Crippen LogP contribution is 2.36. The first-order chi connectivity index (χ1) is 21.6. The molecule has 0 spiro atoms. The summed E-state index contributed by atoms with van der Waals surface area (Å²) < 4.78 is 34.8. The largest absolute Gasteiger partial charge is 0.495 e. The lowest BCUT2D eigenvalue weighted by atomic mass is 10.1. The summed E-state index contributed by atoms with van der Waals surface area (Å²) in [4.78, 5) is 39.6. The van der Waals surface area contributed by atoms with E-state index in [0.717, 1.165) is 10.4 Å². The normalized spacial score (nSPS) is 12.6. The summed E-state index contributed by atoms with van der Waals surface area (Å²) in [5.41, 5.74) is 0.289. The number of aryl methyl sites for hydroxylation is 1. The van der Waals surface area contributed by atoms with Gasteiger partial charge < -0.3 is 15.0 Å². The Balaban J connectivity index is 2.20. The number of carbonyl (C=O) groups excluding carboxylic acids is 2. The van der Waals surface area contributed by atoms with Crippen LogP contribution in [-0.2, 0) is 26.2 Å². The van der Waals surface area contributed by atoms with Gasteiger partial charge in [0, 0.05) is 29.2 Å². The molecule has 1 N–H and O–H groups in total. The molecule has 3 aromatic rings. The number of nitrogens with one attached hydrogen (secondary N) is 1. The molecule has 46 heavy (non-hydrogen) atoms. The van der Waals surface area contributed by atoms with E-state index in [9.17, 15) is 28.1 Å². The highest BCUT2D eigenvalue weighted by atomic mass is 35.5. The predicted molar refractivity (Wildman–Crippen MR) is 179 cm³/mol. The summed E-state index contributed by atoms with van der Waals surface area (Å²) in [6.07, 6.45) is 0.846. The number of ether oxygens (including phenoxy) is 1. The molecule has 0 aromatic heterocycles. The quantitative estimate of drug-likeness (QED) is 0.143. The summed E-state index contributed by atoms with van der Waals surface area (Å²) >= 11 is 18.6. The van der Waals surface area contributed by atoms with Crippen molar-refractivity contribution in [3.63, 3.8) is 0 Å². The average Bonchev–Trinajstić information content (AvgIpc) is 3.01. The van der Waals surface area contributed by atoms with Gasteiger partial charge in [-0.15, -0.1) is 0 Å². The second-order valence-corrected chi connectivity index (χ2v) is 13.7. The van der Waals surface area contributed by atoms with E-state index in [-0.39, 0.29) is 46.1 Å². The van der Waals surface area contributed by atoms with Gasteiger partial charge >= 0.3 is 0 Å². The molecule has 0 aliphatic carbocycles. The molecule has 0 heterocycles. The van der Waals surface area contributed by atoms with Gasteiger partial charge in [0.25, 0.3) is 15.7 Å². The fourth-order valence-corrected chi connectivity index (χ4v) is 6.56. The van der Waals surface area contributed by atoms with Crippen LogP contribution in [0.25, 0.3) is 0 Å². The number of benzene rings is 3. The number of halogens is 3. The maximum absolute atomic E-state index is 14.3. The molecular formula is C31H35Cl3N4O7S. The third-order valence-corrected chi connectivity index (χ3v) is 10.1. The number of carbonyl (C=O) groups is 2. The summed E-state index contributed by atoms with van der Waals surface area (Å²) in [7, 11) is -3.34. The van der Waals surface area contributed by atoms with Crippen LogP contribution in [0.15, 0.2) is 59.5 Å². The first-order valence-electron chi connectivity index (χ1n) is 14.3. The van der Waals surface area contributed by atoms with Crippen molar-refractivity contribution in [3.8, 4) is 5.75 Å². The van der Waals surface area contributed by atoms with Gasteiger partial charge in [0.1, 0.15) is 18.3 Å². The van der Waals surface area contributed by atoms with Crippen LogP contribution in [0.5, 0.6) is 5.75 Å². The molecule has 0 bridgehead atoms. The lowest BCUT2D eigenvalue weighted by Crippen LogP contribution is -2.53. The van der Waals surface area contributed by atoms with Crippen LogP contribution in [0.4, 0.5) is 11.4 Å². The van der Waals surface area contributed by atoms with Crippen molar-refractivity contribution in [1.29, 1.82) is 0 Å². The second-order valence-electron chi connectivity index (χ2n) is 10.5. The molecule has 3 aromatic carbocycles. The Hall–Kier alpha value is -3.58. The summed E-state index contributed by atoms with van der Waals surface area (Å²) in [5.74, 6) is -1.10. The van der Waals surface area contributed by atoms with Crippen LogP contribution < -0.4 is 14.4 Å². The number of sulfonamides is 1. The van der Waals surface area contributed by atoms with Crippen molar-refractivity contribution in [2.45, 2.75) is 64.1 Å². The monoisotopic (exact) mass is 712 g/mol. The van der Waals surface area contributed by atoms with E-state index in [1.54, 1.807) is 25.1 Å². The van der Waals surface area contributed by atoms with E-state index in [2.05, 4.69) is 5.32 Å². The molecule has 0 aliphatic rings. The number of hydrogen-bond donors (Lipinski definition) is 1. The van der Waals surface area contributed by atoms with Crippen LogP contribution >= 0.6 is 34.8 Å². The SMILES string of the molecule is CC[C@@H](C)NC(=O)[C@@H](CC)N(Cc1ccc(Cl)c(Cl)c1)C(=O)CN(c1cc(Cl)ccc1OC)S(=O)(=O)c1ccc(C)c([N+](=O)[O-])c1. The predicted octanol–water partition coefficient (Wildman–Crippen LogP) is 6.79. The Morgan fingerprint density at radius 1 is 1.00 bits per heavy atom. The van der Waals surface area contributed by atoms with Crippen LogP contribution in [0.1, 0.15) is 44.7 Å². The summed E-state index contributed by atoms with van der Waals surface area (Å²) in [6.45, 7) is 6.02. The Bertz CT molecular complexity index is 1720. The van der Waals surface area contributed by atoms with Crippen molar-refractivity contribution in [2.24, 2.45) is 0 Å². The molecule has 0 fully saturated rings. The van der Waals surface area contributed by atoms with Gasteiger partial charge in [-0.2, -0.15) is 0 Å². The second kappa shape index (κ2) is 15.8. The minimum absolute atomic E-state index is 0.0694. The molecule has 0 saturated heterocycles. The number of methoxy groups -OCH3 is 1. The minimum atomic E-state index is -4.66. The zero-order valence-corrected chi connectivity index (χ0v) is 29.0. The van der Waals surface area contributed by atoms with Crippen molar-refractivity contribution in [1.82, 2.24) is 10.2 Å². The van der Waals surface area contributed by atoms with Crippen molar-refractivity contribution >= 4 is 68.0 Å². The minimum Gasteiger partial charge on any atom is -0.495 e. The topological polar surface area (TPSA) is 139 Å². The molecule has 3 rings (SSSR count). The number of rotatable bonds is 14. The molecule has 248 valence electrons. The van der Waals surface area contributed by atoms with Crippen LogP contribution in [0.2, 0.25) is 15.1 Å². The molecule has 11 nitrogen and oxygen atoms in total. The smallest absolute Gasteiger partial charge is 0.273 e. The lowest BCUT2D eigenvalue weighted by molar-refractivity contribution is -0.385.